The molecule has 27 heavy (non-hydrogen) atoms. The van der Waals surface area contributed by atoms with Crippen LogP contribution in [-0.4, -0.2) is 94.3 Å². The first-order valence-electron chi connectivity index (χ1n) is 8.14. The van der Waals surface area contributed by atoms with Crippen molar-refractivity contribution in [1.82, 2.24) is 0 Å². The van der Waals surface area contributed by atoms with Gasteiger partial charge in [-0.2, -0.15) is 0 Å². The van der Waals surface area contributed by atoms with E-state index in [2.05, 4.69) is 4.74 Å². The Labute approximate surface area is 157 Å². The van der Waals surface area contributed by atoms with Crippen LogP contribution in [0.5, 0.6) is 0 Å². The minimum Gasteiger partial charge on any atom is -0.481 e. The summed E-state index contributed by atoms with van der Waals surface area (Å²) in [6, 6.07) is 0. The second-order valence-corrected chi connectivity index (χ2v) is 5.98. The molecule has 4 unspecified atom stereocenters. The molecule has 0 rings (SSSR count). The summed E-state index contributed by atoms with van der Waals surface area (Å²) in [4.78, 5) is 31.4. The first-order chi connectivity index (χ1) is 12.4. The molecular weight excluding hydrogens is 368 g/mol. The van der Waals surface area contributed by atoms with Crippen molar-refractivity contribution in [3.8, 4) is 0 Å². The summed E-state index contributed by atoms with van der Waals surface area (Å²) >= 11 is 0. The molecule has 0 radical (unpaired) electrons. The van der Waals surface area contributed by atoms with Crippen molar-refractivity contribution in [2.75, 3.05) is 26.9 Å². The van der Waals surface area contributed by atoms with Crippen LogP contribution < -0.4 is 0 Å². The van der Waals surface area contributed by atoms with Crippen LogP contribution in [0.4, 0.5) is 0 Å². The molecule has 0 aliphatic carbocycles. The summed E-state index contributed by atoms with van der Waals surface area (Å²) in [5, 5.41) is 43.7. The van der Waals surface area contributed by atoms with Gasteiger partial charge in [0.05, 0.1) is 58.1 Å². The highest BCUT2D eigenvalue weighted by Gasteiger charge is 2.41. The van der Waals surface area contributed by atoms with Gasteiger partial charge in [-0.25, -0.2) is 4.79 Å². The van der Waals surface area contributed by atoms with E-state index in [-0.39, 0.29) is 18.8 Å². The lowest BCUT2D eigenvalue weighted by atomic mass is 9.96. The number of methoxy groups -OCH3 is 1. The van der Waals surface area contributed by atoms with Crippen molar-refractivity contribution in [2.45, 2.75) is 57.5 Å². The van der Waals surface area contributed by atoms with Crippen LogP contribution in [0.3, 0.4) is 0 Å². The summed E-state index contributed by atoms with van der Waals surface area (Å²) in [5.41, 5.74) is -2.61. The van der Waals surface area contributed by atoms with Crippen molar-refractivity contribution in [3.05, 3.63) is 0 Å². The second-order valence-electron chi connectivity index (χ2n) is 5.98. The van der Waals surface area contributed by atoms with Crippen LogP contribution in [0.2, 0.25) is 0 Å². The third kappa shape index (κ3) is 15.0. The minimum atomic E-state index is -2.61. The molecule has 11 heteroatoms. The monoisotopic (exact) mass is 398 g/mol. The van der Waals surface area contributed by atoms with Crippen molar-refractivity contribution >= 4 is 17.9 Å². The Morgan fingerprint density at radius 2 is 1.48 bits per heavy atom. The number of esters is 1. The maximum atomic E-state index is 10.7. The predicted molar refractivity (Wildman–Crippen MR) is 91.1 cm³/mol. The fourth-order valence-electron chi connectivity index (χ4n) is 1.48. The Morgan fingerprint density at radius 3 is 1.85 bits per heavy atom. The predicted octanol–water partition coefficient (Wildman–Crippen LogP) is -0.990. The number of aliphatic hydroxyl groups is 3. The van der Waals surface area contributed by atoms with Gasteiger partial charge in [0.15, 0.2) is 5.60 Å². The van der Waals surface area contributed by atoms with E-state index in [4.69, 9.17) is 29.9 Å². The lowest BCUT2D eigenvalue weighted by molar-refractivity contribution is -0.171. The van der Waals surface area contributed by atoms with E-state index < -0.39 is 42.5 Å². The first-order valence-corrected chi connectivity index (χ1v) is 8.14. The number of carbonyl (C=O) groups is 3. The van der Waals surface area contributed by atoms with Gasteiger partial charge in [0, 0.05) is 0 Å². The number of hydrogen-bond donors (Lipinski definition) is 5. The number of carbonyl (C=O) groups excluding carboxylic acids is 1. The number of aliphatic hydroxyl groups excluding tert-OH is 2. The van der Waals surface area contributed by atoms with Crippen molar-refractivity contribution < 1.29 is 54.1 Å². The van der Waals surface area contributed by atoms with Gasteiger partial charge in [-0.1, -0.05) is 0 Å². The molecule has 0 saturated carbocycles. The van der Waals surface area contributed by atoms with Crippen LogP contribution in [0, 0.1) is 0 Å². The van der Waals surface area contributed by atoms with Crippen LogP contribution in [-0.2, 0) is 28.6 Å². The molecule has 4 atom stereocenters. The third-order valence-electron chi connectivity index (χ3n) is 3.00. The number of ether oxygens (including phenoxy) is 3. The van der Waals surface area contributed by atoms with E-state index in [1.807, 2.05) is 6.92 Å². The summed E-state index contributed by atoms with van der Waals surface area (Å²) in [7, 11) is 1.01. The molecule has 0 fully saturated rings. The quantitative estimate of drug-likeness (QED) is 0.255. The average molecular weight is 398 g/mol. The zero-order valence-corrected chi connectivity index (χ0v) is 16.0. The van der Waals surface area contributed by atoms with E-state index >= 15 is 0 Å². The Morgan fingerprint density at radius 1 is 0.963 bits per heavy atom. The molecule has 0 spiro atoms. The Kier molecular flexibility index (Phi) is 14.5. The number of rotatable bonds is 12. The van der Waals surface area contributed by atoms with Crippen LogP contribution in [0.1, 0.15) is 33.6 Å². The minimum absolute atomic E-state index is 0.0170. The lowest BCUT2D eigenvalue weighted by Gasteiger charge is -2.19. The topological polar surface area (TPSA) is 180 Å². The van der Waals surface area contributed by atoms with E-state index in [1.165, 1.54) is 0 Å². The van der Waals surface area contributed by atoms with Gasteiger partial charge in [-0.15, -0.1) is 0 Å². The molecule has 0 aromatic carbocycles. The highest BCUT2D eigenvalue weighted by atomic mass is 16.5. The molecule has 0 heterocycles. The SMILES string of the molecule is CC(O)COC(C)COC(C)CO.COC(=O)CC(O)(CC(=O)O)C(=O)O. The maximum Gasteiger partial charge on any atom is 0.336 e. The van der Waals surface area contributed by atoms with Gasteiger partial charge in [-0.05, 0) is 20.8 Å². The standard InChI is InChI=1S/C9H20O4.C7H10O7/c1-7(11)5-12-9(3)6-13-8(2)4-10;1-14-5(10)3-7(13,6(11)12)2-4(8)9/h7-11H,4-6H2,1-3H3;13H,2-3H2,1H3,(H,8,9)(H,11,12). The van der Waals surface area contributed by atoms with E-state index in [0.717, 1.165) is 7.11 Å². The molecule has 11 nitrogen and oxygen atoms in total. The summed E-state index contributed by atoms with van der Waals surface area (Å²) in [5.74, 6) is -4.28. The molecule has 0 aliphatic rings. The van der Waals surface area contributed by atoms with Gasteiger partial charge in [0.2, 0.25) is 0 Å². The smallest absolute Gasteiger partial charge is 0.336 e. The lowest BCUT2D eigenvalue weighted by Crippen LogP contribution is -2.42. The Hall–Kier alpha value is -1.79. The zero-order chi connectivity index (χ0) is 21.6. The normalized spacial score (nSPS) is 16.1. The first kappa shape index (κ1) is 27.4. The van der Waals surface area contributed by atoms with E-state index in [1.54, 1.807) is 13.8 Å². The summed E-state index contributed by atoms with van der Waals surface area (Å²) in [6.07, 6.45) is -2.61. The van der Waals surface area contributed by atoms with Gasteiger partial charge in [-0.3, -0.25) is 9.59 Å². The third-order valence-corrected chi connectivity index (χ3v) is 3.00. The second kappa shape index (κ2) is 14.3. The van der Waals surface area contributed by atoms with Crippen LogP contribution in [0.25, 0.3) is 0 Å². The maximum absolute atomic E-state index is 10.7. The number of hydrogen-bond acceptors (Lipinski definition) is 9. The number of carboxylic acids is 2. The zero-order valence-electron chi connectivity index (χ0n) is 16.0. The molecule has 0 aromatic rings. The largest absolute Gasteiger partial charge is 0.481 e. The summed E-state index contributed by atoms with van der Waals surface area (Å²) in [6.45, 7) is 6.10. The molecule has 160 valence electrons. The summed E-state index contributed by atoms with van der Waals surface area (Å²) < 4.78 is 14.6. The van der Waals surface area contributed by atoms with Gasteiger partial charge >= 0.3 is 17.9 Å². The van der Waals surface area contributed by atoms with Crippen LogP contribution >= 0.6 is 0 Å². The highest BCUT2D eigenvalue weighted by molar-refractivity contribution is 5.88. The number of aliphatic carboxylic acids is 2. The Balaban J connectivity index is 0. The average Bonchev–Trinajstić information content (AvgIpc) is 2.57. The van der Waals surface area contributed by atoms with E-state index in [0.29, 0.717) is 13.2 Å². The molecule has 0 aromatic heterocycles. The molecule has 0 aliphatic heterocycles. The van der Waals surface area contributed by atoms with Crippen molar-refractivity contribution in [3.63, 3.8) is 0 Å². The number of carboxylic acid groups (broad SMARTS) is 2. The van der Waals surface area contributed by atoms with Crippen LogP contribution in [0.15, 0.2) is 0 Å². The van der Waals surface area contributed by atoms with Gasteiger partial charge in [0.25, 0.3) is 0 Å². The molecular formula is C16H30O11. The molecule has 0 saturated heterocycles. The van der Waals surface area contributed by atoms with Crippen molar-refractivity contribution in [1.29, 1.82) is 0 Å². The molecule has 0 amide bonds. The van der Waals surface area contributed by atoms with Gasteiger partial charge < -0.3 is 39.7 Å². The van der Waals surface area contributed by atoms with Gasteiger partial charge in [0.1, 0.15) is 0 Å². The highest BCUT2D eigenvalue weighted by Crippen LogP contribution is 2.16. The molecule has 0 bridgehead atoms. The fraction of sp³-hybridized carbons (Fsp3) is 0.812. The fourth-order valence-corrected chi connectivity index (χ4v) is 1.48. The molecule has 5 N–H and O–H groups in total. The Bertz CT molecular complexity index is 452. The van der Waals surface area contributed by atoms with E-state index in [9.17, 15) is 19.5 Å². The van der Waals surface area contributed by atoms with Crippen molar-refractivity contribution in [2.24, 2.45) is 0 Å².